The van der Waals surface area contributed by atoms with E-state index in [0.717, 1.165) is 16.7 Å². The third-order valence-corrected chi connectivity index (χ3v) is 5.43. The van der Waals surface area contributed by atoms with Gasteiger partial charge in [-0.05, 0) is 17.7 Å². The van der Waals surface area contributed by atoms with E-state index in [9.17, 15) is 9.59 Å². The van der Waals surface area contributed by atoms with E-state index in [1.165, 1.54) is 4.90 Å². The minimum atomic E-state index is -0.836. The molecule has 2 aliphatic rings. The molecule has 8 nitrogen and oxygen atoms in total. The summed E-state index contributed by atoms with van der Waals surface area (Å²) >= 11 is 0. The van der Waals surface area contributed by atoms with Gasteiger partial charge in [-0.1, -0.05) is 37.8 Å². The first-order valence-corrected chi connectivity index (χ1v) is 9.97. The van der Waals surface area contributed by atoms with Crippen molar-refractivity contribution < 1.29 is 18.7 Å². The number of nitrogens with one attached hydrogen (secondary N) is 1. The average Bonchev–Trinajstić information content (AvgIpc) is 3.42. The Bertz CT molecular complexity index is 1230. The van der Waals surface area contributed by atoms with Gasteiger partial charge in [-0.3, -0.25) is 9.59 Å². The van der Waals surface area contributed by atoms with Crippen LogP contribution in [0.15, 0.2) is 69.4 Å². The molecule has 3 heterocycles. The number of ether oxygens (including phenoxy) is 1. The van der Waals surface area contributed by atoms with E-state index in [-0.39, 0.29) is 19.9 Å². The van der Waals surface area contributed by atoms with Crippen LogP contribution in [0.25, 0.3) is 11.0 Å². The second-order valence-corrected chi connectivity index (χ2v) is 7.56. The molecule has 164 valence electrons. The third-order valence-electron chi connectivity index (χ3n) is 5.43. The molecule has 32 heavy (non-hydrogen) atoms. The maximum atomic E-state index is 13.0. The Labute approximate surface area is 185 Å². The number of benzene rings is 2. The van der Waals surface area contributed by atoms with E-state index in [1.54, 1.807) is 19.4 Å². The molecule has 0 radical (unpaired) electrons. The van der Waals surface area contributed by atoms with E-state index in [2.05, 4.69) is 15.5 Å². The van der Waals surface area contributed by atoms with E-state index < -0.39 is 11.9 Å². The standard InChI is InChI=1S/C23H20N4O4.CH4/c1-27-19-10-15-7-8-30-20(15)12-21(19)31-13-18(23(27)29)24-22(28)17-11-16(25-26-17)9-14-5-3-2-4-6-14;/h2-8,10,12,18H,9,11,13H2,1H3,(H,24,28);1H4/t18-;/m0./s1. The summed E-state index contributed by atoms with van der Waals surface area (Å²) in [7, 11) is 1.66. The number of anilines is 1. The summed E-state index contributed by atoms with van der Waals surface area (Å²) in [6, 6.07) is 14.5. The summed E-state index contributed by atoms with van der Waals surface area (Å²) in [6.07, 6.45) is 2.58. The number of nitrogens with zero attached hydrogens (tertiary/aromatic N) is 3. The Kier molecular flexibility index (Phi) is 5.77. The van der Waals surface area contributed by atoms with Crippen molar-refractivity contribution in [3.05, 3.63) is 60.4 Å². The van der Waals surface area contributed by atoms with E-state index >= 15 is 0 Å². The number of rotatable bonds is 4. The Morgan fingerprint density at radius 2 is 2.00 bits per heavy atom. The van der Waals surface area contributed by atoms with Crippen LogP contribution in [-0.2, 0) is 16.0 Å². The second kappa shape index (κ2) is 8.66. The number of carbonyl (C=O) groups is 2. The Hall–Kier alpha value is -3.94. The highest BCUT2D eigenvalue weighted by Crippen LogP contribution is 2.35. The van der Waals surface area contributed by atoms with Crippen LogP contribution in [0.2, 0.25) is 0 Å². The second-order valence-electron chi connectivity index (χ2n) is 7.56. The number of amides is 2. The maximum absolute atomic E-state index is 13.0. The van der Waals surface area contributed by atoms with Gasteiger partial charge < -0.3 is 19.4 Å². The lowest BCUT2D eigenvalue weighted by atomic mass is 10.0. The van der Waals surface area contributed by atoms with Crippen molar-refractivity contribution in [3.63, 3.8) is 0 Å². The minimum absolute atomic E-state index is 0. The molecule has 0 bridgehead atoms. The maximum Gasteiger partial charge on any atom is 0.268 e. The van der Waals surface area contributed by atoms with Crippen molar-refractivity contribution in [2.45, 2.75) is 26.3 Å². The highest BCUT2D eigenvalue weighted by Gasteiger charge is 2.32. The normalized spacial score (nSPS) is 17.6. The summed E-state index contributed by atoms with van der Waals surface area (Å²) in [6.45, 7) is 0.0130. The van der Waals surface area contributed by atoms with Gasteiger partial charge in [0, 0.05) is 31.3 Å². The van der Waals surface area contributed by atoms with Crippen LogP contribution in [0.4, 0.5) is 5.69 Å². The van der Waals surface area contributed by atoms with Crippen LogP contribution < -0.4 is 15.0 Å². The molecule has 0 unspecified atom stereocenters. The lowest BCUT2D eigenvalue weighted by Gasteiger charge is -2.20. The first-order chi connectivity index (χ1) is 15.1. The van der Waals surface area contributed by atoms with Crippen molar-refractivity contribution in [2.24, 2.45) is 10.2 Å². The van der Waals surface area contributed by atoms with Gasteiger partial charge in [0.05, 0.1) is 17.7 Å². The molecule has 0 aliphatic carbocycles. The van der Waals surface area contributed by atoms with Crippen LogP contribution in [0.5, 0.6) is 5.75 Å². The largest absolute Gasteiger partial charge is 0.489 e. The van der Waals surface area contributed by atoms with Crippen LogP contribution >= 0.6 is 0 Å². The molecule has 1 atom stereocenters. The number of hydrogen-bond donors (Lipinski definition) is 1. The average molecular weight is 432 g/mol. The van der Waals surface area contributed by atoms with Crippen LogP contribution in [0, 0.1) is 0 Å². The summed E-state index contributed by atoms with van der Waals surface area (Å²) in [5, 5.41) is 11.8. The van der Waals surface area contributed by atoms with Crippen molar-refractivity contribution in [1.82, 2.24) is 5.32 Å². The molecular weight excluding hydrogens is 408 g/mol. The summed E-state index contributed by atoms with van der Waals surface area (Å²) in [5.41, 5.74) is 3.51. The smallest absolute Gasteiger partial charge is 0.268 e. The fraction of sp³-hybridized carbons (Fsp3) is 0.250. The Morgan fingerprint density at radius 3 is 2.81 bits per heavy atom. The van der Waals surface area contributed by atoms with Gasteiger partial charge in [-0.2, -0.15) is 5.10 Å². The predicted octanol–water partition coefficient (Wildman–Crippen LogP) is 3.35. The molecule has 0 saturated heterocycles. The summed E-state index contributed by atoms with van der Waals surface area (Å²) in [4.78, 5) is 27.2. The van der Waals surface area contributed by atoms with Crippen LogP contribution in [0.3, 0.4) is 0 Å². The van der Waals surface area contributed by atoms with Crippen molar-refractivity contribution in [1.29, 1.82) is 0 Å². The highest BCUT2D eigenvalue weighted by atomic mass is 16.5. The molecule has 2 aliphatic heterocycles. The van der Waals surface area contributed by atoms with Gasteiger partial charge in [0.2, 0.25) is 0 Å². The molecule has 0 saturated carbocycles. The van der Waals surface area contributed by atoms with E-state index in [0.29, 0.717) is 35.6 Å². The fourth-order valence-electron chi connectivity index (χ4n) is 3.75. The molecule has 0 spiro atoms. The van der Waals surface area contributed by atoms with Crippen LogP contribution in [0.1, 0.15) is 19.4 Å². The van der Waals surface area contributed by atoms with Crippen molar-refractivity contribution in [3.8, 4) is 5.75 Å². The minimum Gasteiger partial charge on any atom is -0.489 e. The zero-order chi connectivity index (χ0) is 21.4. The molecule has 1 N–H and O–H groups in total. The number of carbonyl (C=O) groups excluding carboxylic acids is 2. The first kappa shape index (κ1) is 21.3. The number of likely N-dealkylation sites (N-methyl/N-ethyl adjacent to an activating group) is 1. The highest BCUT2D eigenvalue weighted by molar-refractivity contribution is 6.43. The van der Waals surface area contributed by atoms with Crippen LogP contribution in [-0.4, -0.2) is 42.9 Å². The SMILES string of the molecule is C.CN1C(=O)[C@@H](NC(=O)C2=NN=C(Cc3ccccc3)C2)COc2cc3occc3cc21. The number of furan rings is 1. The van der Waals surface area contributed by atoms with Gasteiger partial charge in [0.1, 0.15) is 29.7 Å². The monoisotopic (exact) mass is 432 g/mol. The van der Waals surface area contributed by atoms with E-state index in [4.69, 9.17) is 9.15 Å². The van der Waals surface area contributed by atoms with Gasteiger partial charge in [0.25, 0.3) is 11.8 Å². The lowest BCUT2D eigenvalue weighted by Crippen LogP contribution is -2.51. The quantitative estimate of drug-likeness (QED) is 0.684. The van der Waals surface area contributed by atoms with Gasteiger partial charge in [-0.25, -0.2) is 0 Å². The molecule has 2 aromatic carbocycles. The topological polar surface area (TPSA) is 96.5 Å². The first-order valence-electron chi connectivity index (χ1n) is 9.97. The van der Waals surface area contributed by atoms with Gasteiger partial charge >= 0.3 is 0 Å². The number of hydrogen-bond acceptors (Lipinski definition) is 6. The number of fused-ring (bicyclic) bond motifs is 2. The van der Waals surface area contributed by atoms with E-state index in [1.807, 2.05) is 42.5 Å². The van der Waals surface area contributed by atoms with Crippen molar-refractivity contribution in [2.75, 3.05) is 18.6 Å². The summed E-state index contributed by atoms with van der Waals surface area (Å²) in [5.74, 6) is -0.150. The molecule has 0 fully saturated rings. The lowest BCUT2D eigenvalue weighted by molar-refractivity contribution is -0.124. The molecule has 1 aromatic heterocycles. The Balaban J connectivity index is 0.00000245. The molecule has 8 heteroatoms. The van der Waals surface area contributed by atoms with Gasteiger partial charge in [0.15, 0.2) is 0 Å². The Morgan fingerprint density at radius 1 is 1.19 bits per heavy atom. The summed E-state index contributed by atoms with van der Waals surface area (Å²) < 4.78 is 11.3. The fourth-order valence-corrected chi connectivity index (χ4v) is 3.75. The van der Waals surface area contributed by atoms with Crippen molar-refractivity contribution >= 4 is 39.9 Å². The zero-order valence-corrected chi connectivity index (χ0v) is 16.9. The molecule has 2 amide bonds. The van der Waals surface area contributed by atoms with Gasteiger partial charge in [-0.15, -0.1) is 5.10 Å². The molecule has 5 rings (SSSR count). The zero-order valence-electron chi connectivity index (χ0n) is 16.9. The third kappa shape index (κ3) is 3.99. The molecule has 3 aromatic rings. The predicted molar refractivity (Wildman–Crippen MR) is 123 cm³/mol. The molecular formula is C24H24N4O4.